The molecule has 0 spiro atoms. The van der Waals surface area contributed by atoms with E-state index in [9.17, 15) is 0 Å². The molecule has 5 heteroatoms. The summed E-state index contributed by atoms with van der Waals surface area (Å²) < 4.78 is 0. The third kappa shape index (κ3) is 2.62. The van der Waals surface area contributed by atoms with Crippen LogP contribution in [0.15, 0.2) is 12.3 Å². The minimum absolute atomic E-state index is 0.124. The molecule has 21 heavy (non-hydrogen) atoms. The lowest BCUT2D eigenvalue weighted by Crippen LogP contribution is -2.53. The maximum absolute atomic E-state index is 7.85. The zero-order valence-corrected chi connectivity index (χ0v) is 13.0. The van der Waals surface area contributed by atoms with Crippen LogP contribution in [0, 0.1) is 18.3 Å². The molecule has 5 nitrogen and oxygen atoms in total. The van der Waals surface area contributed by atoms with Gasteiger partial charge in [-0.3, -0.25) is 5.41 Å². The third-order valence-corrected chi connectivity index (χ3v) is 5.05. The molecule has 0 bridgehead atoms. The highest BCUT2D eigenvalue weighted by atomic mass is 15.2. The summed E-state index contributed by atoms with van der Waals surface area (Å²) in [6.07, 6.45) is 5.59. The number of pyridine rings is 1. The average Bonchev–Trinajstić information content (AvgIpc) is 2.46. The normalized spacial score (nSPS) is 26.5. The van der Waals surface area contributed by atoms with E-state index in [2.05, 4.69) is 21.8 Å². The number of hydrogen-bond donors (Lipinski definition) is 2. The summed E-state index contributed by atoms with van der Waals surface area (Å²) in [5.41, 5.74) is 7.63. The Balaban J connectivity index is 1.86. The van der Waals surface area contributed by atoms with Crippen molar-refractivity contribution >= 4 is 11.7 Å². The Hall–Kier alpha value is -1.62. The van der Waals surface area contributed by atoms with Gasteiger partial charge >= 0.3 is 0 Å². The van der Waals surface area contributed by atoms with Crippen molar-refractivity contribution < 1.29 is 0 Å². The van der Waals surface area contributed by atoms with E-state index in [-0.39, 0.29) is 5.84 Å². The molecule has 114 valence electrons. The Labute approximate surface area is 126 Å². The number of nitrogens with zero attached hydrogens (tertiary/aromatic N) is 3. The second-order valence-corrected chi connectivity index (χ2v) is 6.43. The lowest BCUT2D eigenvalue weighted by Gasteiger charge is -2.46. The molecular weight excluding hydrogens is 262 g/mol. The molecule has 0 saturated carbocycles. The van der Waals surface area contributed by atoms with E-state index in [1.165, 1.54) is 25.8 Å². The Morgan fingerprint density at radius 3 is 2.95 bits per heavy atom. The van der Waals surface area contributed by atoms with Gasteiger partial charge in [0, 0.05) is 25.3 Å². The van der Waals surface area contributed by atoms with Crippen molar-refractivity contribution in [3.05, 3.63) is 23.4 Å². The highest BCUT2D eigenvalue weighted by molar-refractivity contribution is 6.01. The van der Waals surface area contributed by atoms with Gasteiger partial charge in [-0.05, 0) is 57.3 Å². The molecule has 0 aromatic carbocycles. The van der Waals surface area contributed by atoms with E-state index in [1.807, 2.05) is 19.2 Å². The summed E-state index contributed by atoms with van der Waals surface area (Å²) >= 11 is 0. The number of aromatic nitrogens is 1. The fourth-order valence-electron chi connectivity index (χ4n) is 3.96. The molecule has 2 aliphatic heterocycles. The van der Waals surface area contributed by atoms with E-state index in [1.54, 1.807) is 0 Å². The first-order valence-electron chi connectivity index (χ1n) is 7.83. The molecule has 2 atom stereocenters. The zero-order chi connectivity index (χ0) is 15.0. The number of rotatable bonds is 2. The number of fused-ring (bicyclic) bond motifs is 1. The van der Waals surface area contributed by atoms with E-state index in [4.69, 9.17) is 11.1 Å². The first-order chi connectivity index (χ1) is 10.1. The fraction of sp³-hybridized carbons (Fsp3) is 0.625. The predicted octanol–water partition coefficient (Wildman–Crippen LogP) is 1.59. The zero-order valence-electron chi connectivity index (χ0n) is 13.0. The lowest BCUT2D eigenvalue weighted by atomic mass is 9.84. The van der Waals surface area contributed by atoms with Crippen LogP contribution >= 0.6 is 0 Å². The van der Waals surface area contributed by atoms with Gasteiger partial charge in [0.15, 0.2) is 0 Å². The molecule has 0 radical (unpaired) electrons. The van der Waals surface area contributed by atoms with Gasteiger partial charge in [0.1, 0.15) is 11.7 Å². The number of piperidine rings is 2. The van der Waals surface area contributed by atoms with Crippen molar-refractivity contribution in [3.8, 4) is 0 Å². The van der Waals surface area contributed by atoms with E-state index in [0.29, 0.717) is 12.0 Å². The standard InChI is InChI=1S/C16H25N5/c1-11-5-7-19-16(14(11)15(17)18)21-9-6-13-12(10-21)4-3-8-20(13)2/h5,7,12-13H,3-4,6,8-10H2,1-2H3,(H3,17,18). The first-order valence-corrected chi connectivity index (χ1v) is 7.83. The molecular formula is C16H25N5. The second kappa shape index (κ2) is 5.64. The average molecular weight is 287 g/mol. The van der Waals surface area contributed by atoms with Crippen LogP contribution in [0.5, 0.6) is 0 Å². The summed E-state index contributed by atoms with van der Waals surface area (Å²) in [6.45, 7) is 5.26. The molecule has 2 aliphatic rings. The third-order valence-electron chi connectivity index (χ3n) is 5.05. The molecule has 0 aliphatic carbocycles. The van der Waals surface area contributed by atoms with Gasteiger partial charge in [0.05, 0.1) is 5.56 Å². The van der Waals surface area contributed by atoms with E-state index in [0.717, 1.165) is 30.0 Å². The monoisotopic (exact) mass is 287 g/mol. The van der Waals surface area contributed by atoms with E-state index < -0.39 is 0 Å². The maximum atomic E-state index is 7.85. The van der Waals surface area contributed by atoms with Gasteiger partial charge in [0.25, 0.3) is 0 Å². The molecule has 3 heterocycles. The first kappa shape index (κ1) is 14.3. The second-order valence-electron chi connectivity index (χ2n) is 6.43. The number of amidine groups is 1. The van der Waals surface area contributed by atoms with Gasteiger partial charge in [-0.15, -0.1) is 0 Å². The van der Waals surface area contributed by atoms with Crippen LogP contribution < -0.4 is 10.6 Å². The smallest absolute Gasteiger partial charge is 0.139 e. The van der Waals surface area contributed by atoms with Gasteiger partial charge in [-0.1, -0.05) is 0 Å². The molecule has 0 amide bonds. The van der Waals surface area contributed by atoms with Crippen molar-refractivity contribution in [2.24, 2.45) is 11.7 Å². The van der Waals surface area contributed by atoms with Crippen molar-refractivity contribution in [3.63, 3.8) is 0 Å². The predicted molar refractivity (Wildman–Crippen MR) is 86.0 cm³/mol. The van der Waals surface area contributed by atoms with Gasteiger partial charge < -0.3 is 15.5 Å². The molecule has 1 aromatic rings. The Kier molecular flexibility index (Phi) is 3.85. The van der Waals surface area contributed by atoms with Crippen LogP contribution in [-0.4, -0.2) is 48.4 Å². The van der Waals surface area contributed by atoms with Crippen LogP contribution in [0.2, 0.25) is 0 Å². The molecule has 3 rings (SSSR count). The molecule has 1 aromatic heterocycles. The summed E-state index contributed by atoms with van der Waals surface area (Å²) in [5, 5.41) is 7.85. The van der Waals surface area contributed by atoms with Crippen LogP contribution in [0.25, 0.3) is 0 Å². The number of nitrogens with one attached hydrogen (secondary N) is 1. The van der Waals surface area contributed by atoms with Crippen LogP contribution in [0.1, 0.15) is 30.4 Å². The minimum atomic E-state index is 0.124. The summed E-state index contributed by atoms with van der Waals surface area (Å²) in [6, 6.07) is 2.64. The van der Waals surface area contributed by atoms with Crippen molar-refractivity contribution in [2.45, 2.75) is 32.2 Å². The molecule has 2 fully saturated rings. The molecule has 3 N–H and O–H groups in total. The number of nitrogens with two attached hydrogens (primary N) is 1. The van der Waals surface area contributed by atoms with Crippen LogP contribution in [-0.2, 0) is 0 Å². The number of hydrogen-bond acceptors (Lipinski definition) is 4. The van der Waals surface area contributed by atoms with Gasteiger partial charge in [-0.25, -0.2) is 4.98 Å². The van der Waals surface area contributed by atoms with Crippen molar-refractivity contribution in [1.82, 2.24) is 9.88 Å². The number of aryl methyl sites for hydroxylation is 1. The van der Waals surface area contributed by atoms with Gasteiger partial charge in [0.2, 0.25) is 0 Å². The molecule has 2 unspecified atom stereocenters. The van der Waals surface area contributed by atoms with Gasteiger partial charge in [-0.2, -0.15) is 0 Å². The summed E-state index contributed by atoms with van der Waals surface area (Å²) in [4.78, 5) is 9.38. The fourth-order valence-corrected chi connectivity index (χ4v) is 3.96. The number of likely N-dealkylation sites (tertiary alicyclic amines) is 1. The highest BCUT2D eigenvalue weighted by Gasteiger charge is 2.35. The quantitative estimate of drug-likeness (QED) is 0.640. The summed E-state index contributed by atoms with van der Waals surface area (Å²) in [5.74, 6) is 1.73. The SMILES string of the molecule is Cc1ccnc(N2CCC3C(CCCN3C)C2)c1C(=N)N. The van der Waals surface area contributed by atoms with Crippen molar-refractivity contribution in [1.29, 1.82) is 5.41 Å². The minimum Gasteiger partial charge on any atom is -0.384 e. The Bertz CT molecular complexity index is 541. The Morgan fingerprint density at radius 1 is 1.38 bits per heavy atom. The maximum Gasteiger partial charge on any atom is 0.139 e. The van der Waals surface area contributed by atoms with Crippen LogP contribution in [0.3, 0.4) is 0 Å². The topological polar surface area (TPSA) is 69.2 Å². The highest BCUT2D eigenvalue weighted by Crippen LogP contribution is 2.32. The summed E-state index contributed by atoms with van der Waals surface area (Å²) in [7, 11) is 2.25. The largest absolute Gasteiger partial charge is 0.384 e. The molecule has 2 saturated heterocycles. The Morgan fingerprint density at radius 2 is 2.19 bits per heavy atom. The van der Waals surface area contributed by atoms with Crippen LogP contribution in [0.4, 0.5) is 5.82 Å². The lowest BCUT2D eigenvalue weighted by molar-refractivity contribution is 0.102. The number of anilines is 1. The van der Waals surface area contributed by atoms with Crippen molar-refractivity contribution in [2.75, 3.05) is 31.6 Å². The number of nitrogen functional groups attached to an aromatic ring is 1. The van der Waals surface area contributed by atoms with E-state index >= 15 is 0 Å².